The number of allylic oxidation sites excluding steroid dienone is 1. The smallest absolute Gasteiger partial charge is 0.226 e. The van der Waals surface area contributed by atoms with Crippen LogP contribution in [0.2, 0.25) is 0 Å². The molecule has 0 bridgehead atoms. The lowest BCUT2D eigenvalue weighted by atomic mass is 10.3. The van der Waals surface area contributed by atoms with E-state index in [9.17, 15) is 8.76 Å². The summed E-state index contributed by atoms with van der Waals surface area (Å²) in [6, 6.07) is 19.1. The number of hydrogen-bond donors (Lipinski definition) is 2. The summed E-state index contributed by atoms with van der Waals surface area (Å²) in [5.41, 5.74) is 11.8. The third-order valence-corrected chi connectivity index (χ3v) is 3.93. The molecule has 3 rings (SSSR count). The number of benzene rings is 2. The quantitative estimate of drug-likeness (QED) is 0.482. The Morgan fingerprint density at radius 3 is 2.31 bits per heavy atom. The molecule has 9 heteroatoms. The van der Waals surface area contributed by atoms with Crippen molar-refractivity contribution in [3.05, 3.63) is 78.5 Å². The maximum Gasteiger partial charge on any atom is 0.226 e. The van der Waals surface area contributed by atoms with Gasteiger partial charge in [-0.2, -0.15) is 9.97 Å². The minimum atomic E-state index is -2.08. The van der Waals surface area contributed by atoms with Crippen LogP contribution in [0.25, 0.3) is 0 Å². The molecule has 0 saturated heterocycles. The second-order valence-corrected chi connectivity index (χ2v) is 6.50. The van der Waals surface area contributed by atoms with Gasteiger partial charge in [-0.3, -0.25) is 4.21 Å². The summed E-state index contributed by atoms with van der Waals surface area (Å²) in [6.07, 6.45) is 3.05. The lowest BCUT2D eigenvalue weighted by Gasteiger charge is -2.05. The molecule has 0 fully saturated rings. The van der Waals surface area contributed by atoms with Crippen molar-refractivity contribution in [1.82, 2.24) is 9.97 Å². The maximum atomic E-state index is 10.2. The average Bonchev–Trinajstić information content (AvgIpc) is 2.73. The fourth-order valence-electron chi connectivity index (χ4n) is 1.90. The van der Waals surface area contributed by atoms with Gasteiger partial charge in [-0.15, -0.1) is 0 Å². The second kappa shape index (κ2) is 11.3. The van der Waals surface area contributed by atoms with Crippen LogP contribution in [0, 0.1) is 0 Å². The van der Waals surface area contributed by atoms with E-state index in [-0.39, 0.29) is 7.37 Å². The molecule has 2 aromatic carbocycles. The Morgan fingerprint density at radius 2 is 1.76 bits per heavy atom. The van der Waals surface area contributed by atoms with Crippen molar-refractivity contribution in [1.29, 1.82) is 0 Å². The minimum absolute atomic E-state index is 0. The van der Waals surface area contributed by atoms with Crippen molar-refractivity contribution in [3.63, 3.8) is 0 Å². The Labute approximate surface area is 172 Å². The first-order chi connectivity index (χ1) is 14.0. The molecule has 0 saturated carbocycles. The lowest BCUT2D eigenvalue weighted by Crippen LogP contribution is -1.97. The SMILES string of the molecule is CC(=C/N)/C=N/c1cc(Oc2ccccc2)nc(N)n1.O=S([O-])c1ccccc1.[HH]. The first-order valence-corrected chi connectivity index (χ1v) is 9.49. The summed E-state index contributed by atoms with van der Waals surface area (Å²) in [6.45, 7) is 1.83. The summed E-state index contributed by atoms with van der Waals surface area (Å²) in [5, 5.41) is 0. The second-order valence-electron chi connectivity index (χ2n) is 5.55. The highest BCUT2D eigenvalue weighted by Crippen LogP contribution is 2.23. The molecule has 0 aliphatic heterocycles. The van der Waals surface area contributed by atoms with Gasteiger partial charge in [0.05, 0.1) is 0 Å². The predicted molar refractivity (Wildman–Crippen MR) is 115 cm³/mol. The van der Waals surface area contributed by atoms with E-state index in [4.69, 9.17) is 16.2 Å². The number of anilines is 1. The van der Waals surface area contributed by atoms with Crippen molar-refractivity contribution in [3.8, 4) is 11.6 Å². The normalized spacial score (nSPS) is 12.1. The van der Waals surface area contributed by atoms with E-state index in [1.54, 1.807) is 42.6 Å². The van der Waals surface area contributed by atoms with E-state index in [1.165, 1.54) is 6.20 Å². The molecular formula is C20H22N5O3S-. The third kappa shape index (κ3) is 7.91. The highest BCUT2D eigenvalue weighted by Gasteiger charge is 2.03. The molecule has 8 nitrogen and oxygen atoms in total. The van der Waals surface area contributed by atoms with Gasteiger partial charge in [-0.25, -0.2) is 4.99 Å². The molecular weight excluding hydrogens is 390 g/mol. The first-order valence-electron chi connectivity index (χ1n) is 8.42. The van der Waals surface area contributed by atoms with Crippen molar-refractivity contribution < 1.29 is 14.9 Å². The molecule has 1 unspecified atom stereocenters. The third-order valence-electron chi connectivity index (χ3n) is 3.27. The van der Waals surface area contributed by atoms with Crippen LogP contribution in [0.1, 0.15) is 8.35 Å². The standard InChI is InChI=1S/C14H15N5O.C6H6O2S.H2/c1-10(8-15)9-17-12-7-13(19-14(16)18-12)20-11-5-3-2-4-6-11;7-9(8)6-4-2-1-3-5-6;/h2-9H,15H2,1H3,(H2,16,18,19);1-5H,(H,7,8);1H/p-1/b10-8-,17-9+;;. The van der Waals surface area contributed by atoms with Crippen molar-refractivity contribution in [2.45, 2.75) is 11.8 Å². The fourth-order valence-corrected chi connectivity index (χ4v) is 2.28. The van der Waals surface area contributed by atoms with Gasteiger partial charge < -0.3 is 20.8 Å². The van der Waals surface area contributed by atoms with Crippen molar-refractivity contribution in [2.75, 3.05) is 5.73 Å². The zero-order valence-electron chi connectivity index (χ0n) is 15.6. The van der Waals surface area contributed by atoms with Crippen LogP contribution in [-0.2, 0) is 11.1 Å². The summed E-state index contributed by atoms with van der Waals surface area (Å²) >= 11 is -2.08. The summed E-state index contributed by atoms with van der Waals surface area (Å²) in [5.74, 6) is 1.51. The summed E-state index contributed by atoms with van der Waals surface area (Å²) in [7, 11) is 0. The molecule has 1 aromatic heterocycles. The number of nitrogens with zero attached hydrogens (tertiary/aromatic N) is 3. The van der Waals surface area contributed by atoms with Crippen LogP contribution >= 0.6 is 0 Å². The molecule has 152 valence electrons. The van der Waals surface area contributed by atoms with Crippen LogP contribution in [-0.4, -0.2) is 24.9 Å². The Kier molecular flexibility index (Phi) is 8.49. The molecule has 0 amide bonds. The number of rotatable bonds is 5. The maximum absolute atomic E-state index is 10.2. The molecule has 0 aliphatic rings. The molecule has 0 spiro atoms. The molecule has 1 atom stereocenters. The molecule has 4 N–H and O–H groups in total. The van der Waals surface area contributed by atoms with Gasteiger partial charge in [0.25, 0.3) is 0 Å². The minimum Gasteiger partial charge on any atom is -0.768 e. The van der Waals surface area contributed by atoms with Gasteiger partial charge in [0.2, 0.25) is 11.8 Å². The largest absolute Gasteiger partial charge is 0.768 e. The van der Waals surface area contributed by atoms with Crippen molar-refractivity contribution in [2.24, 2.45) is 10.7 Å². The molecule has 0 radical (unpaired) electrons. The number of hydrogen-bond acceptors (Lipinski definition) is 8. The Balaban J connectivity index is 0.000000379. The zero-order chi connectivity index (χ0) is 21.1. The fraction of sp³-hybridized carbons (Fsp3) is 0.0500. The zero-order valence-corrected chi connectivity index (χ0v) is 16.5. The number of nitrogen functional groups attached to an aromatic ring is 1. The average molecular weight is 412 g/mol. The Hall–Kier alpha value is -3.56. The highest BCUT2D eigenvalue weighted by molar-refractivity contribution is 7.79. The van der Waals surface area contributed by atoms with Crippen LogP contribution in [0.4, 0.5) is 11.8 Å². The van der Waals surface area contributed by atoms with E-state index in [0.717, 1.165) is 5.57 Å². The van der Waals surface area contributed by atoms with Gasteiger partial charge in [0, 0.05) is 18.6 Å². The lowest BCUT2D eigenvalue weighted by molar-refractivity contribution is 0.463. The van der Waals surface area contributed by atoms with E-state index in [2.05, 4.69) is 15.0 Å². The van der Waals surface area contributed by atoms with Gasteiger partial charge in [0.1, 0.15) is 5.75 Å². The van der Waals surface area contributed by atoms with Crippen LogP contribution in [0.3, 0.4) is 0 Å². The predicted octanol–water partition coefficient (Wildman–Crippen LogP) is 3.59. The van der Waals surface area contributed by atoms with Gasteiger partial charge >= 0.3 is 0 Å². The molecule has 29 heavy (non-hydrogen) atoms. The number of ether oxygens (including phenoxy) is 1. The van der Waals surface area contributed by atoms with Gasteiger partial charge in [-0.1, -0.05) is 36.4 Å². The van der Waals surface area contributed by atoms with Crippen LogP contribution < -0.4 is 16.2 Å². The topological polar surface area (TPSA) is 140 Å². The Bertz CT molecular complexity index is 1000. The summed E-state index contributed by atoms with van der Waals surface area (Å²) < 4.78 is 26.0. The molecule has 0 aliphatic carbocycles. The molecule has 1 heterocycles. The van der Waals surface area contributed by atoms with Gasteiger partial charge in [-0.05, 0) is 54.0 Å². The first kappa shape index (κ1) is 21.7. The van der Waals surface area contributed by atoms with E-state index < -0.39 is 11.1 Å². The Morgan fingerprint density at radius 1 is 1.14 bits per heavy atom. The number of aromatic nitrogens is 2. The van der Waals surface area contributed by atoms with Crippen molar-refractivity contribution >= 4 is 29.1 Å². The van der Waals surface area contributed by atoms with Crippen LogP contribution in [0.15, 0.2) is 88.4 Å². The van der Waals surface area contributed by atoms with Gasteiger partial charge in [0.15, 0.2) is 5.82 Å². The number of nitrogens with two attached hydrogens (primary N) is 2. The monoisotopic (exact) mass is 412 g/mol. The number of para-hydroxylation sites is 1. The number of aliphatic imine (C=N–C) groups is 1. The molecule has 3 aromatic rings. The van der Waals surface area contributed by atoms with Crippen LogP contribution in [0.5, 0.6) is 11.6 Å². The summed E-state index contributed by atoms with van der Waals surface area (Å²) in [4.78, 5) is 12.5. The van der Waals surface area contributed by atoms with E-state index >= 15 is 0 Å². The highest BCUT2D eigenvalue weighted by atomic mass is 32.2. The van der Waals surface area contributed by atoms with E-state index in [0.29, 0.717) is 22.3 Å². The van der Waals surface area contributed by atoms with E-state index in [1.807, 2.05) is 37.3 Å².